The lowest BCUT2D eigenvalue weighted by Crippen LogP contribution is -2.48. The van der Waals surface area contributed by atoms with Crippen molar-refractivity contribution in [3.8, 4) is 6.07 Å². The number of piperazine rings is 1. The predicted molar refractivity (Wildman–Crippen MR) is 76.1 cm³/mol. The number of benzene rings is 1. The number of halogens is 1. The third-order valence-corrected chi connectivity index (χ3v) is 4.27. The molecule has 2 rings (SSSR count). The molecule has 1 atom stereocenters. The van der Waals surface area contributed by atoms with Crippen LogP contribution in [0.2, 0.25) is 0 Å². The molecule has 0 aliphatic carbocycles. The lowest BCUT2D eigenvalue weighted by atomic mass is 10.2. The Kier molecular flexibility index (Phi) is 4.76. The number of nitriles is 1. The average molecular weight is 308 g/mol. The zero-order chi connectivity index (χ0) is 13.0. The van der Waals surface area contributed by atoms with E-state index in [2.05, 4.69) is 50.0 Å². The normalized spacial score (nSPS) is 19.4. The maximum absolute atomic E-state index is 8.91. The first-order valence-electron chi connectivity index (χ1n) is 6.30. The molecular weight excluding hydrogens is 290 g/mol. The van der Waals surface area contributed by atoms with Gasteiger partial charge in [0.25, 0.3) is 0 Å². The Labute approximate surface area is 117 Å². The second-order valence-corrected chi connectivity index (χ2v) is 5.56. The van der Waals surface area contributed by atoms with Gasteiger partial charge in [-0.15, -0.1) is 0 Å². The minimum absolute atomic E-state index is 0.0376. The molecule has 1 fully saturated rings. The summed E-state index contributed by atoms with van der Waals surface area (Å²) in [6.07, 6.45) is 0. The van der Waals surface area contributed by atoms with Gasteiger partial charge in [0, 0.05) is 37.2 Å². The molecule has 1 aliphatic heterocycles. The highest BCUT2D eigenvalue weighted by molar-refractivity contribution is 9.10. The lowest BCUT2D eigenvalue weighted by molar-refractivity contribution is 0.114. The zero-order valence-corrected chi connectivity index (χ0v) is 12.2. The molecule has 0 bridgehead atoms. The van der Waals surface area contributed by atoms with Crippen LogP contribution in [0.15, 0.2) is 28.7 Å². The summed E-state index contributed by atoms with van der Waals surface area (Å²) in [6, 6.07) is 10.7. The molecule has 1 aromatic carbocycles. The van der Waals surface area contributed by atoms with Crippen molar-refractivity contribution in [1.29, 1.82) is 5.26 Å². The molecule has 0 saturated carbocycles. The topological polar surface area (TPSA) is 30.3 Å². The highest BCUT2D eigenvalue weighted by atomic mass is 79.9. The molecule has 0 spiro atoms. The van der Waals surface area contributed by atoms with E-state index in [1.165, 1.54) is 10.0 Å². The number of nitrogens with zero attached hydrogens (tertiary/aromatic N) is 3. The SMILES string of the molecule is CC(C#N)N1CCN(Cc2ccccc2Br)CC1. The summed E-state index contributed by atoms with van der Waals surface area (Å²) < 4.78 is 1.18. The Morgan fingerprint density at radius 3 is 2.56 bits per heavy atom. The molecule has 0 radical (unpaired) electrons. The van der Waals surface area contributed by atoms with Crippen molar-refractivity contribution in [1.82, 2.24) is 9.80 Å². The van der Waals surface area contributed by atoms with Gasteiger partial charge in [0.05, 0.1) is 12.1 Å². The highest BCUT2D eigenvalue weighted by Crippen LogP contribution is 2.18. The summed E-state index contributed by atoms with van der Waals surface area (Å²) in [5.41, 5.74) is 1.33. The molecule has 1 heterocycles. The minimum atomic E-state index is 0.0376. The summed E-state index contributed by atoms with van der Waals surface area (Å²) in [5.74, 6) is 0. The Morgan fingerprint density at radius 1 is 1.28 bits per heavy atom. The van der Waals surface area contributed by atoms with E-state index < -0.39 is 0 Å². The molecule has 3 nitrogen and oxygen atoms in total. The van der Waals surface area contributed by atoms with Gasteiger partial charge < -0.3 is 0 Å². The van der Waals surface area contributed by atoms with E-state index >= 15 is 0 Å². The van der Waals surface area contributed by atoms with Crippen LogP contribution in [0, 0.1) is 11.3 Å². The third kappa shape index (κ3) is 3.32. The van der Waals surface area contributed by atoms with Crippen LogP contribution < -0.4 is 0 Å². The Balaban J connectivity index is 1.88. The predicted octanol–water partition coefficient (Wildman–Crippen LogP) is 2.48. The van der Waals surface area contributed by atoms with Crippen LogP contribution in [0.25, 0.3) is 0 Å². The van der Waals surface area contributed by atoms with E-state index in [-0.39, 0.29) is 6.04 Å². The highest BCUT2D eigenvalue weighted by Gasteiger charge is 2.20. The number of rotatable bonds is 3. The van der Waals surface area contributed by atoms with Gasteiger partial charge in [-0.25, -0.2) is 0 Å². The molecule has 96 valence electrons. The van der Waals surface area contributed by atoms with Crippen LogP contribution in [0.4, 0.5) is 0 Å². The Hall–Kier alpha value is -0.890. The van der Waals surface area contributed by atoms with Crippen LogP contribution in [-0.4, -0.2) is 42.0 Å². The molecule has 0 N–H and O–H groups in total. The van der Waals surface area contributed by atoms with Crippen molar-refractivity contribution in [2.45, 2.75) is 19.5 Å². The molecule has 0 amide bonds. The zero-order valence-electron chi connectivity index (χ0n) is 10.6. The minimum Gasteiger partial charge on any atom is -0.297 e. The van der Waals surface area contributed by atoms with Crippen LogP contribution >= 0.6 is 15.9 Å². The van der Waals surface area contributed by atoms with E-state index in [1.54, 1.807) is 0 Å². The fourth-order valence-electron chi connectivity index (χ4n) is 2.26. The summed E-state index contributed by atoms with van der Waals surface area (Å²) in [5, 5.41) is 8.91. The molecule has 4 heteroatoms. The van der Waals surface area contributed by atoms with E-state index in [4.69, 9.17) is 5.26 Å². The van der Waals surface area contributed by atoms with E-state index in [0.717, 1.165) is 32.7 Å². The maximum atomic E-state index is 8.91. The van der Waals surface area contributed by atoms with Crippen molar-refractivity contribution in [2.75, 3.05) is 26.2 Å². The molecular formula is C14H18BrN3. The van der Waals surface area contributed by atoms with Crippen molar-refractivity contribution < 1.29 is 0 Å². The molecule has 1 aromatic rings. The number of hydrogen-bond donors (Lipinski definition) is 0. The fraction of sp³-hybridized carbons (Fsp3) is 0.500. The van der Waals surface area contributed by atoms with Gasteiger partial charge in [0.15, 0.2) is 0 Å². The van der Waals surface area contributed by atoms with Crippen LogP contribution in [0.3, 0.4) is 0 Å². The van der Waals surface area contributed by atoms with Crippen LogP contribution in [0.1, 0.15) is 12.5 Å². The van der Waals surface area contributed by atoms with Gasteiger partial charge in [-0.05, 0) is 18.6 Å². The average Bonchev–Trinajstić information content (AvgIpc) is 2.41. The van der Waals surface area contributed by atoms with Gasteiger partial charge in [-0.3, -0.25) is 9.80 Å². The molecule has 18 heavy (non-hydrogen) atoms. The van der Waals surface area contributed by atoms with Crippen LogP contribution in [0.5, 0.6) is 0 Å². The van der Waals surface area contributed by atoms with Crippen molar-refractivity contribution in [2.24, 2.45) is 0 Å². The summed E-state index contributed by atoms with van der Waals surface area (Å²) >= 11 is 3.59. The fourth-order valence-corrected chi connectivity index (χ4v) is 2.67. The van der Waals surface area contributed by atoms with Crippen molar-refractivity contribution in [3.05, 3.63) is 34.3 Å². The summed E-state index contributed by atoms with van der Waals surface area (Å²) in [7, 11) is 0. The molecule has 0 aromatic heterocycles. The van der Waals surface area contributed by atoms with Crippen LogP contribution in [-0.2, 0) is 6.54 Å². The van der Waals surface area contributed by atoms with E-state index in [0.29, 0.717) is 0 Å². The van der Waals surface area contributed by atoms with E-state index in [9.17, 15) is 0 Å². The summed E-state index contributed by atoms with van der Waals surface area (Å²) in [6.45, 7) is 7.00. The smallest absolute Gasteiger partial charge is 0.0950 e. The van der Waals surface area contributed by atoms with Gasteiger partial charge in [-0.1, -0.05) is 34.1 Å². The Bertz CT molecular complexity index is 433. The first-order chi connectivity index (χ1) is 8.70. The van der Waals surface area contributed by atoms with Gasteiger partial charge in [0.2, 0.25) is 0 Å². The monoisotopic (exact) mass is 307 g/mol. The maximum Gasteiger partial charge on any atom is 0.0950 e. The first kappa shape index (κ1) is 13.5. The van der Waals surface area contributed by atoms with Gasteiger partial charge >= 0.3 is 0 Å². The van der Waals surface area contributed by atoms with Gasteiger partial charge in [-0.2, -0.15) is 5.26 Å². The second-order valence-electron chi connectivity index (χ2n) is 4.71. The molecule has 1 unspecified atom stereocenters. The van der Waals surface area contributed by atoms with Crippen molar-refractivity contribution >= 4 is 15.9 Å². The lowest BCUT2D eigenvalue weighted by Gasteiger charge is -2.36. The van der Waals surface area contributed by atoms with E-state index in [1.807, 2.05) is 13.0 Å². The Morgan fingerprint density at radius 2 is 1.94 bits per heavy atom. The standard InChI is InChI=1S/C14H18BrN3/c1-12(10-16)18-8-6-17(7-9-18)11-13-4-2-3-5-14(13)15/h2-5,12H,6-9,11H2,1H3. The quantitative estimate of drug-likeness (QED) is 0.859. The molecule has 1 aliphatic rings. The summed E-state index contributed by atoms with van der Waals surface area (Å²) in [4.78, 5) is 4.69. The van der Waals surface area contributed by atoms with Crippen molar-refractivity contribution in [3.63, 3.8) is 0 Å². The second kappa shape index (κ2) is 6.33. The first-order valence-corrected chi connectivity index (χ1v) is 7.09. The third-order valence-electron chi connectivity index (χ3n) is 3.49. The largest absolute Gasteiger partial charge is 0.297 e. The number of hydrogen-bond acceptors (Lipinski definition) is 3. The van der Waals surface area contributed by atoms with Gasteiger partial charge in [0.1, 0.15) is 0 Å². The molecule has 1 saturated heterocycles.